The van der Waals surface area contributed by atoms with Crippen LogP contribution in [-0.2, 0) is 52.6 Å². The Morgan fingerprint density at radius 3 is 1.04 bits per heavy atom. The molecule has 4 aromatic rings. The molecule has 0 radical (unpaired) electrons. The minimum atomic E-state index is -0.908. The molecule has 8 heteroatoms. The van der Waals surface area contributed by atoms with E-state index in [0.29, 0.717) is 6.42 Å². The van der Waals surface area contributed by atoms with Crippen LogP contribution in [0.15, 0.2) is 72.8 Å². The highest BCUT2D eigenvalue weighted by atomic mass is 16.6. The van der Waals surface area contributed by atoms with Crippen molar-refractivity contribution in [2.45, 2.75) is 129 Å². The summed E-state index contributed by atoms with van der Waals surface area (Å²) in [7, 11) is 0. The molecule has 0 saturated heterocycles. The molecule has 302 valence electrons. The van der Waals surface area contributed by atoms with Gasteiger partial charge in [0.15, 0.2) is 0 Å². The molecule has 8 nitrogen and oxygen atoms in total. The van der Waals surface area contributed by atoms with Gasteiger partial charge in [-0.25, -0.2) is 0 Å². The van der Waals surface area contributed by atoms with Gasteiger partial charge in [0.2, 0.25) is 0 Å². The van der Waals surface area contributed by atoms with Crippen LogP contribution < -0.4 is 0 Å². The number of rotatable bonds is 12. The van der Waals surface area contributed by atoms with Crippen molar-refractivity contribution in [2.24, 2.45) is 0 Å². The topological polar surface area (TPSA) is 134 Å². The zero-order valence-electron chi connectivity index (χ0n) is 35.4. The highest BCUT2D eigenvalue weighted by Crippen LogP contribution is 2.44. The Kier molecular flexibility index (Phi) is 12.7. The fourth-order valence-corrected chi connectivity index (χ4v) is 7.38. The van der Waals surface area contributed by atoms with E-state index in [4.69, 9.17) is 9.47 Å². The normalized spacial score (nSPS) is 13.6. The molecule has 0 aromatic heterocycles. The van der Waals surface area contributed by atoms with E-state index in [2.05, 4.69) is 0 Å². The molecule has 0 aliphatic carbocycles. The van der Waals surface area contributed by atoms with E-state index in [0.717, 1.165) is 44.5 Å². The number of aryl methyl sites for hydroxylation is 1. The Bertz CT molecular complexity index is 1990. The second-order valence-electron chi connectivity index (χ2n) is 18.6. The molecule has 0 fully saturated rings. The van der Waals surface area contributed by atoms with Gasteiger partial charge in [0, 0.05) is 10.8 Å². The van der Waals surface area contributed by atoms with Gasteiger partial charge in [-0.05, 0) is 91.4 Å². The average molecular weight is 767 g/mol. The molecule has 0 aliphatic heterocycles. The van der Waals surface area contributed by atoms with Gasteiger partial charge in [-0.3, -0.25) is 9.59 Å². The minimum Gasteiger partial charge on any atom is -0.508 e. The molecule has 0 saturated carbocycles. The molecular weight excluding hydrogens is 705 g/mol. The third-order valence-corrected chi connectivity index (χ3v) is 11.0. The van der Waals surface area contributed by atoms with E-state index < -0.39 is 22.8 Å². The van der Waals surface area contributed by atoms with Crippen LogP contribution in [0.25, 0.3) is 0 Å². The fraction of sp³-hybridized carbons (Fsp3) is 0.458. The first-order valence-electron chi connectivity index (χ1n) is 19.5. The highest BCUT2D eigenvalue weighted by molar-refractivity contribution is 5.74. The van der Waals surface area contributed by atoms with Crippen LogP contribution in [0.4, 0.5) is 0 Å². The number of ether oxygens (including phenoxy) is 2. The highest BCUT2D eigenvalue weighted by Gasteiger charge is 2.37. The summed E-state index contributed by atoms with van der Waals surface area (Å²) >= 11 is 0. The lowest BCUT2D eigenvalue weighted by Crippen LogP contribution is -2.31. The number of benzene rings is 4. The first kappa shape index (κ1) is 43.7. The van der Waals surface area contributed by atoms with E-state index in [1.54, 1.807) is 30.3 Å². The van der Waals surface area contributed by atoms with Crippen LogP contribution in [0.3, 0.4) is 0 Å². The van der Waals surface area contributed by atoms with Gasteiger partial charge in [-0.2, -0.15) is 0 Å². The summed E-state index contributed by atoms with van der Waals surface area (Å²) in [6, 6.07) is 21.5. The quantitative estimate of drug-likeness (QED) is 0.0827. The Labute approximate surface area is 333 Å². The summed E-state index contributed by atoms with van der Waals surface area (Å²) in [5.74, 6) is -0.311. The molecule has 1 unspecified atom stereocenters. The van der Waals surface area contributed by atoms with Crippen LogP contribution >= 0.6 is 0 Å². The second-order valence-corrected chi connectivity index (χ2v) is 18.6. The monoisotopic (exact) mass is 766 g/mol. The van der Waals surface area contributed by atoms with Crippen LogP contribution in [0.2, 0.25) is 0 Å². The first-order chi connectivity index (χ1) is 25.8. The number of carbonyl (C=O) groups is 2. The summed E-state index contributed by atoms with van der Waals surface area (Å²) in [6.07, 6.45) is 0.497. The van der Waals surface area contributed by atoms with Gasteiger partial charge >= 0.3 is 11.9 Å². The largest absolute Gasteiger partial charge is 0.508 e. The fourth-order valence-electron chi connectivity index (χ4n) is 7.38. The van der Waals surface area contributed by atoms with E-state index >= 15 is 0 Å². The third kappa shape index (κ3) is 9.69. The average Bonchev–Trinajstić information content (AvgIpc) is 3.09. The molecule has 0 amide bonds. The molecule has 4 N–H and O–H groups in total. The standard InChI is InChI=1S/C48H62O8/c1-13-30-24-31(14-18-38(30)49)47(11,32-15-19-39(50)35(25-32)44(2,3)4)28-42(53)55-22-23-56-43(54)29-48(12,33-16-20-40(51)36(26-33)45(5,6)7)34-17-21-41(52)37(27-34)46(8,9)10/h14-21,24-27,49-52H,13,22-23,28-29H2,1-12H3. The number of aromatic hydroxyl groups is 4. The maximum atomic E-state index is 13.7. The Morgan fingerprint density at radius 1 is 0.464 bits per heavy atom. The molecule has 0 bridgehead atoms. The van der Waals surface area contributed by atoms with Gasteiger partial charge in [0.05, 0.1) is 12.8 Å². The predicted octanol–water partition coefficient (Wildman–Crippen LogP) is 10.1. The van der Waals surface area contributed by atoms with Crippen molar-refractivity contribution >= 4 is 11.9 Å². The Hall–Kier alpha value is -4.98. The van der Waals surface area contributed by atoms with Crippen molar-refractivity contribution < 1.29 is 39.5 Å². The zero-order valence-corrected chi connectivity index (χ0v) is 35.4. The van der Waals surface area contributed by atoms with Gasteiger partial charge in [0.25, 0.3) is 0 Å². The van der Waals surface area contributed by atoms with Crippen LogP contribution in [-0.4, -0.2) is 45.6 Å². The summed E-state index contributed by atoms with van der Waals surface area (Å²) in [4.78, 5) is 27.3. The van der Waals surface area contributed by atoms with Gasteiger partial charge < -0.3 is 29.9 Å². The number of phenolic OH excluding ortho intramolecular Hbond substituents is 4. The van der Waals surface area contributed by atoms with Crippen molar-refractivity contribution in [3.8, 4) is 23.0 Å². The first-order valence-corrected chi connectivity index (χ1v) is 19.5. The SMILES string of the molecule is CCc1cc(C(C)(CC(=O)OCCOC(=O)CC(C)(c2ccc(O)c(C(C)(C)C)c2)c2ccc(O)c(C(C)(C)C)c2)c2ccc(O)c(C(C)(C)C)c2)ccc1O. The lowest BCUT2D eigenvalue weighted by atomic mass is 9.70. The Morgan fingerprint density at radius 2 is 0.750 bits per heavy atom. The molecule has 1 atom stereocenters. The summed E-state index contributed by atoms with van der Waals surface area (Å²) < 4.78 is 11.4. The van der Waals surface area contributed by atoms with Crippen molar-refractivity contribution in [1.82, 2.24) is 0 Å². The molecule has 0 heterocycles. The number of esters is 2. The number of phenols is 4. The van der Waals surface area contributed by atoms with E-state index in [1.807, 2.05) is 126 Å². The van der Waals surface area contributed by atoms with Crippen molar-refractivity contribution in [3.63, 3.8) is 0 Å². The lowest BCUT2D eigenvalue weighted by molar-refractivity contribution is -0.153. The van der Waals surface area contributed by atoms with Crippen LogP contribution in [0.5, 0.6) is 23.0 Å². The molecule has 4 aromatic carbocycles. The van der Waals surface area contributed by atoms with Crippen molar-refractivity contribution in [1.29, 1.82) is 0 Å². The predicted molar refractivity (Wildman–Crippen MR) is 222 cm³/mol. The van der Waals surface area contributed by atoms with E-state index in [9.17, 15) is 30.0 Å². The van der Waals surface area contributed by atoms with E-state index in [-0.39, 0.29) is 65.3 Å². The molecule has 56 heavy (non-hydrogen) atoms. The minimum absolute atomic E-state index is 0.0464. The summed E-state index contributed by atoms with van der Waals surface area (Å²) in [5.41, 5.74) is 3.31. The van der Waals surface area contributed by atoms with Crippen molar-refractivity contribution in [3.05, 3.63) is 117 Å². The number of hydrogen-bond donors (Lipinski definition) is 4. The van der Waals surface area contributed by atoms with Crippen LogP contribution in [0.1, 0.15) is 140 Å². The molecular formula is C48H62O8. The van der Waals surface area contributed by atoms with Crippen LogP contribution in [0, 0.1) is 0 Å². The number of hydrogen-bond acceptors (Lipinski definition) is 8. The maximum Gasteiger partial charge on any atom is 0.307 e. The second kappa shape index (κ2) is 16.2. The third-order valence-electron chi connectivity index (χ3n) is 11.0. The van der Waals surface area contributed by atoms with Crippen molar-refractivity contribution in [2.75, 3.05) is 13.2 Å². The molecule has 4 rings (SSSR count). The molecule has 0 aliphatic rings. The molecule has 0 spiro atoms. The maximum absolute atomic E-state index is 13.7. The zero-order chi connectivity index (χ0) is 42.0. The summed E-state index contributed by atoms with van der Waals surface area (Å²) in [5, 5.41) is 42.7. The smallest absolute Gasteiger partial charge is 0.307 e. The lowest BCUT2D eigenvalue weighted by Gasteiger charge is -2.33. The van der Waals surface area contributed by atoms with Gasteiger partial charge in [0.1, 0.15) is 36.2 Å². The Balaban J connectivity index is 1.57. The van der Waals surface area contributed by atoms with Gasteiger partial charge in [-0.1, -0.05) is 132 Å². The van der Waals surface area contributed by atoms with Gasteiger partial charge in [-0.15, -0.1) is 0 Å². The van der Waals surface area contributed by atoms with E-state index in [1.165, 1.54) is 0 Å². The summed E-state index contributed by atoms with van der Waals surface area (Å²) in [6.45, 7) is 23.7. The number of carbonyl (C=O) groups excluding carboxylic acids is 2.